The first-order valence-corrected chi connectivity index (χ1v) is 6.03. The van der Waals surface area contributed by atoms with Crippen molar-refractivity contribution in [2.24, 2.45) is 0 Å². The Balaban J connectivity index is 2.10. The number of anilines is 1. The molecule has 1 saturated heterocycles. The number of nitrogens with one attached hydrogen (secondary N) is 1. The van der Waals surface area contributed by atoms with E-state index in [9.17, 15) is 9.18 Å². The van der Waals surface area contributed by atoms with Crippen LogP contribution in [0, 0.1) is 5.82 Å². The Morgan fingerprint density at radius 3 is 2.94 bits per heavy atom. The molecule has 1 aromatic rings. The summed E-state index contributed by atoms with van der Waals surface area (Å²) in [6.45, 7) is 3.46. The minimum Gasteiger partial charge on any atom is -0.308 e. The van der Waals surface area contributed by atoms with Gasteiger partial charge in [0.25, 0.3) is 0 Å². The standard InChI is InChI=1S/C13H17FN2O/c1-2-8-15-11-7-9-16(13(11)17)12-6-4-3-5-10(12)14/h3-6,11,15H,2,7-9H2,1H3. The lowest BCUT2D eigenvalue weighted by Gasteiger charge is -2.17. The third kappa shape index (κ3) is 2.47. The Morgan fingerprint density at radius 1 is 1.47 bits per heavy atom. The largest absolute Gasteiger partial charge is 0.308 e. The van der Waals surface area contributed by atoms with Gasteiger partial charge in [0.05, 0.1) is 11.7 Å². The highest BCUT2D eigenvalue weighted by atomic mass is 19.1. The molecule has 2 rings (SSSR count). The Bertz CT molecular complexity index is 408. The van der Waals surface area contributed by atoms with Crippen molar-refractivity contribution in [3.63, 3.8) is 0 Å². The van der Waals surface area contributed by atoms with E-state index in [1.165, 1.54) is 11.0 Å². The van der Waals surface area contributed by atoms with Crippen LogP contribution in [0.2, 0.25) is 0 Å². The Kier molecular flexibility index (Phi) is 3.74. The molecular formula is C13H17FN2O. The maximum absolute atomic E-state index is 13.6. The molecule has 1 aromatic carbocycles. The van der Waals surface area contributed by atoms with E-state index in [0.717, 1.165) is 19.4 Å². The van der Waals surface area contributed by atoms with Gasteiger partial charge in [0, 0.05) is 6.54 Å². The number of carbonyl (C=O) groups is 1. The highest BCUT2D eigenvalue weighted by molar-refractivity contribution is 5.99. The summed E-state index contributed by atoms with van der Waals surface area (Å²) in [4.78, 5) is 13.6. The van der Waals surface area contributed by atoms with Crippen molar-refractivity contribution in [1.82, 2.24) is 5.32 Å². The van der Waals surface area contributed by atoms with Crippen molar-refractivity contribution in [3.8, 4) is 0 Å². The first kappa shape index (κ1) is 12.0. The summed E-state index contributed by atoms with van der Waals surface area (Å²) in [6, 6.07) is 6.25. The minimum absolute atomic E-state index is 0.0245. The Morgan fingerprint density at radius 2 is 2.24 bits per heavy atom. The van der Waals surface area contributed by atoms with Gasteiger partial charge in [-0.15, -0.1) is 0 Å². The number of halogens is 1. The first-order valence-electron chi connectivity index (χ1n) is 6.03. The summed E-state index contributed by atoms with van der Waals surface area (Å²) >= 11 is 0. The van der Waals surface area contributed by atoms with Gasteiger partial charge in [-0.05, 0) is 31.5 Å². The lowest BCUT2D eigenvalue weighted by Crippen LogP contribution is -2.38. The molecule has 1 aliphatic rings. The van der Waals surface area contributed by atoms with Crippen molar-refractivity contribution in [1.29, 1.82) is 0 Å². The van der Waals surface area contributed by atoms with Crippen LogP contribution in [0.1, 0.15) is 19.8 Å². The number of benzene rings is 1. The zero-order valence-corrected chi connectivity index (χ0v) is 9.95. The summed E-state index contributed by atoms with van der Waals surface area (Å²) in [5.74, 6) is -0.361. The molecule has 0 saturated carbocycles. The number of hydrogen-bond acceptors (Lipinski definition) is 2. The number of carbonyl (C=O) groups excluding carboxylic acids is 1. The number of nitrogens with zero attached hydrogens (tertiary/aromatic N) is 1. The van der Waals surface area contributed by atoms with Crippen LogP contribution in [0.15, 0.2) is 24.3 Å². The smallest absolute Gasteiger partial charge is 0.244 e. The molecule has 0 radical (unpaired) electrons. The molecule has 92 valence electrons. The molecule has 1 fully saturated rings. The zero-order valence-electron chi connectivity index (χ0n) is 9.95. The molecule has 4 heteroatoms. The van der Waals surface area contributed by atoms with E-state index >= 15 is 0 Å². The van der Waals surface area contributed by atoms with Crippen LogP contribution in [0.5, 0.6) is 0 Å². The predicted octanol–water partition coefficient (Wildman–Crippen LogP) is 1.93. The van der Waals surface area contributed by atoms with E-state index in [2.05, 4.69) is 12.2 Å². The number of hydrogen-bond donors (Lipinski definition) is 1. The normalized spacial score (nSPS) is 20.0. The third-order valence-electron chi connectivity index (χ3n) is 2.99. The molecule has 0 aliphatic carbocycles. The van der Waals surface area contributed by atoms with Gasteiger partial charge in [-0.3, -0.25) is 4.79 Å². The van der Waals surface area contributed by atoms with Crippen LogP contribution >= 0.6 is 0 Å². The van der Waals surface area contributed by atoms with Gasteiger partial charge in [0.15, 0.2) is 0 Å². The summed E-state index contributed by atoms with van der Waals surface area (Å²) in [5.41, 5.74) is 0.387. The molecule has 17 heavy (non-hydrogen) atoms. The topological polar surface area (TPSA) is 32.3 Å². The fourth-order valence-corrected chi connectivity index (χ4v) is 2.10. The van der Waals surface area contributed by atoms with Gasteiger partial charge in [-0.2, -0.15) is 0 Å². The highest BCUT2D eigenvalue weighted by Gasteiger charge is 2.32. The van der Waals surface area contributed by atoms with Crippen molar-refractivity contribution >= 4 is 11.6 Å². The van der Waals surface area contributed by atoms with E-state index in [0.29, 0.717) is 12.2 Å². The number of rotatable bonds is 4. The minimum atomic E-state index is -0.336. The van der Waals surface area contributed by atoms with E-state index in [1.807, 2.05) is 0 Å². The Hall–Kier alpha value is -1.42. The molecule has 1 heterocycles. The molecule has 1 atom stereocenters. The van der Waals surface area contributed by atoms with Crippen LogP contribution in [0.4, 0.5) is 10.1 Å². The molecule has 0 spiro atoms. The van der Waals surface area contributed by atoms with Crippen LogP contribution in [0.3, 0.4) is 0 Å². The van der Waals surface area contributed by atoms with Crippen LogP contribution in [-0.2, 0) is 4.79 Å². The molecule has 0 aromatic heterocycles. The molecule has 1 N–H and O–H groups in total. The fourth-order valence-electron chi connectivity index (χ4n) is 2.10. The number of amides is 1. The van der Waals surface area contributed by atoms with Crippen molar-refractivity contribution in [2.45, 2.75) is 25.8 Å². The molecular weight excluding hydrogens is 219 g/mol. The lowest BCUT2D eigenvalue weighted by molar-refractivity contribution is -0.118. The van der Waals surface area contributed by atoms with Gasteiger partial charge in [-0.1, -0.05) is 19.1 Å². The molecule has 3 nitrogen and oxygen atoms in total. The van der Waals surface area contributed by atoms with Gasteiger partial charge >= 0.3 is 0 Å². The van der Waals surface area contributed by atoms with Crippen molar-refractivity contribution in [3.05, 3.63) is 30.1 Å². The van der Waals surface area contributed by atoms with Crippen LogP contribution in [0.25, 0.3) is 0 Å². The van der Waals surface area contributed by atoms with E-state index < -0.39 is 0 Å². The summed E-state index contributed by atoms with van der Waals surface area (Å²) in [6.07, 6.45) is 1.73. The second-order valence-corrected chi connectivity index (χ2v) is 4.24. The van der Waals surface area contributed by atoms with Crippen molar-refractivity contribution < 1.29 is 9.18 Å². The van der Waals surface area contributed by atoms with Gasteiger partial charge < -0.3 is 10.2 Å². The monoisotopic (exact) mass is 236 g/mol. The highest BCUT2D eigenvalue weighted by Crippen LogP contribution is 2.24. The quantitative estimate of drug-likeness (QED) is 0.866. The predicted molar refractivity (Wildman–Crippen MR) is 65.5 cm³/mol. The Labute approximate surface area is 101 Å². The third-order valence-corrected chi connectivity index (χ3v) is 2.99. The van der Waals surface area contributed by atoms with Gasteiger partial charge in [0.1, 0.15) is 5.82 Å². The first-order chi connectivity index (χ1) is 8.24. The molecule has 0 bridgehead atoms. The van der Waals surface area contributed by atoms with Gasteiger partial charge in [-0.25, -0.2) is 4.39 Å². The second-order valence-electron chi connectivity index (χ2n) is 4.24. The SMILES string of the molecule is CCCNC1CCN(c2ccccc2F)C1=O. The van der Waals surface area contributed by atoms with Gasteiger partial charge in [0.2, 0.25) is 5.91 Å². The number of para-hydroxylation sites is 1. The summed E-state index contributed by atoms with van der Waals surface area (Å²) < 4.78 is 13.6. The molecule has 1 unspecified atom stereocenters. The van der Waals surface area contributed by atoms with Crippen LogP contribution in [-0.4, -0.2) is 25.0 Å². The molecule has 1 amide bonds. The summed E-state index contributed by atoms with van der Waals surface area (Å²) in [7, 11) is 0. The van der Waals surface area contributed by atoms with E-state index in [1.54, 1.807) is 18.2 Å². The van der Waals surface area contributed by atoms with E-state index in [4.69, 9.17) is 0 Å². The van der Waals surface area contributed by atoms with Crippen molar-refractivity contribution in [2.75, 3.05) is 18.0 Å². The zero-order chi connectivity index (χ0) is 12.3. The average molecular weight is 236 g/mol. The van der Waals surface area contributed by atoms with Crippen LogP contribution < -0.4 is 10.2 Å². The average Bonchev–Trinajstić information content (AvgIpc) is 2.69. The summed E-state index contributed by atoms with van der Waals surface area (Å²) in [5, 5.41) is 3.19. The lowest BCUT2D eigenvalue weighted by atomic mass is 10.2. The molecule has 1 aliphatic heterocycles. The maximum Gasteiger partial charge on any atom is 0.244 e. The second kappa shape index (κ2) is 5.27. The fraction of sp³-hybridized carbons (Fsp3) is 0.462. The maximum atomic E-state index is 13.6. The van der Waals surface area contributed by atoms with E-state index in [-0.39, 0.29) is 17.8 Å².